The van der Waals surface area contributed by atoms with Crippen molar-refractivity contribution in [3.63, 3.8) is 0 Å². The van der Waals surface area contributed by atoms with Gasteiger partial charge in [-0.1, -0.05) is 17.7 Å². The highest BCUT2D eigenvalue weighted by atomic mass is 35.5. The second kappa shape index (κ2) is 9.83. The van der Waals surface area contributed by atoms with Gasteiger partial charge in [-0.3, -0.25) is 4.79 Å². The standard InChI is InChI=1S/C20H23ClN2O4/c1-5-26-20-15(7-6-8-17(20)25-4)11-22-23-18(24)12-27-16-9-13(2)19(21)14(3)10-16/h6-11H,5,12H2,1-4H3,(H,23,24)/b22-11+. The molecule has 0 atom stereocenters. The summed E-state index contributed by atoms with van der Waals surface area (Å²) in [6, 6.07) is 9.01. The van der Waals surface area contributed by atoms with Crippen LogP contribution in [0.3, 0.4) is 0 Å². The van der Waals surface area contributed by atoms with Crippen LogP contribution in [0.5, 0.6) is 17.2 Å². The monoisotopic (exact) mass is 390 g/mol. The summed E-state index contributed by atoms with van der Waals surface area (Å²) in [6.45, 7) is 5.98. The number of halogens is 1. The number of methoxy groups -OCH3 is 1. The second-order valence-electron chi connectivity index (χ2n) is 5.76. The fourth-order valence-corrected chi connectivity index (χ4v) is 2.55. The lowest BCUT2D eigenvalue weighted by atomic mass is 10.1. The van der Waals surface area contributed by atoms with E-state index in [1.165, 1.54) is 6.21 Å². The number of carbonyl (C=O) groups is 1. The van der Waals surface area contributed by atoms with Crippen molar-refractivity contribution in [3.8, 4) is 17.2 Å². The van der Waals surface area contributed by atoms with Crippen molar-refractivity contribution in [1.82, 2.24) is 5.43 Å². The molecular formula is C20H23ClN2O4. The zero-order valence-electron chi connectivity index (χ0n) is 15.8. The van der Waals surface area contributed by atoms with E-state index in [2.05, 4.69) is 10.5 Å². The molecule has 0 radical (unpaired) electrons. The first-order valence-electron chi connectivity index (χ1n) is 8.47. The fraction of sp³-hybridized carbons (Fsp3) is 0.300. The number of hydrogen-bond donors (Lipinski definition) is 1. The van der Waals surface area contributed by atoms with Crippen molar-refractivity contribution in [2.75, 3.05) is 20.3 Å². The van der Waals surface area contributed by atoms with E-state index in [0.717, 1.165) is 11.1 Å². The number of ether oxygens (including phenoxy) is 3. The van der Waals surface area contributed by atoms with Gasteiger partial charge in [0.25, 0.3) is 5.91 Å². The molecule has 0 aliphatic carbocycles. The first-order valence-corrected chi connectivity index (χ1v) is 8.85. The fourth-order valence-electron chi connectivity index (χ4n) is 2.44. The summed E-state index contributed by atoms with van der Waals surface area (Å²) < 4.78 is 16.4. The Hall–Kier alpha value is -2.73. The Labute approximate surface area is 164 Å². The van der Waals surface area contributed by atoms with E-state index < -0.39 is 0 Å². The van der Waals surface area contributed by atoms with Crippen LogP contribution in [-0.4, -0.2) is 32.4 Å². The van der Waals surface area contributed by atoms with Gasteiger partial charge >= 0.3 is 0 Å². The third-order valence-corrected chi connectivity index (χ3v) is 4.29. The molecule has 0 fully saturated rings. The average molecular weight is 391 g/mol. The molecule has 6 nitrogen and oxygen atoms in total. The minimum absolute atomic E-state index is 0.158. The smallest absolute Gasteiger partial charge is 0.277 e. The highest BCUT2D eigenvalue weighted by Crippen LogP contribution is 2.30. The van der Waals surface area contributed by atoms with E-state index in [-0.39, 0.29) is 12.5 Å². The maximum atomic E-state index is 11.9. The summed E-state index contributed by atoms with van der Waals surface area (Å²) >= 11 is 6.12. The Morgan fingerprint density at radius 2 is 1.93 bits per heavy atom. The Morgan fingerprint density at radius 1 is 1.22 bits per heavy atom. The molecule has 2 aromatic rings. The van der Waals surface area contributed by atoms with Crippen LogP contribution in [0.25, 0.3) is 0 Å². The lowest BCUT2D eigenvalue weighted by Gasteiger charge is -2.11. The van der Waals surface area contributed by atoms with Crippen molar-refractivity contribution in [1.29, 1.82) is 0 Å². The van der Waals surface area contributed by atoms with E-state index in [1.54, 1.807) is 25.3 Å². The van der Waals surface area contributed by atoms with E-state index in [0.29, 0.717) is 34.4 Å². The summed E-state index contributed by atoms with van der Waals surface area (Å²) in [5.41, 5.74) is 4.92. The molecule has 0 saturated heterocycles. The van der Waals surface area contributed by atoms with Crippen molar-refractivity contribution in [3.05, 3.63) is 52.0 Å². The van der Waals surface area contributed by atoms with Gasteiger partial charge in [-0.05, 0) is 56.2 Å². The minimum Gasteiger partial charge on any atom is -0.493 e. The van der Waals surface area contributed by atoms with Crippen LogP contribution in [-0.2, 0) is 4.79 Å². The van der Waals surface area contributed by atoms with Crippen LogP contribution < -0.4 is 19.6 Å². The number of nitrogens with one attached hydrogen (secondary N) is 1. The molecule has 2 rings (SSSR count). The number of carbonyl (C=O) groups excluding carboxylic acids is 1. The van der Waals surface area contributed by atoms with Gasteiger partial charge in [0.05, 0.1) is 19.9 Å². The molecule has 1 N–H and O–H groups in total. The summed E-state index contributed by atoms with van der Waals surface area (Å²) in [5, 5.41) is 4.65. The first-order chi connectivity index (χ1) is 13.0. The SMILES string of the molecule is CCOc1c(/C=N/NC(=O)COc2cc(C)c(Cl)c(C)c2)cccc1OC. The molecule has 7 heteroatoms. The normalized spacial score (nSPS) is 10.7. The Kier molecular flexibility index (Phi) is 7.49. The Bertz CT molecular complexity index is 814. The van der Waals surface area contributed by atoms with Gasteiger partial charge in [-0.15, -0.1) is 0 Å². The predicted molar refractivity (Wildman–Crippen MR) is 106 cm³/mol. The van der Waals surface area contributed by atoms with Gasteiger partial charge in [0.2, 0.25) is 0 Å². The number of rotatable bonds is 8. The summed E-state index contributed by atoms with van der Waals surface area (Å²) in [4.78, 5) is 11.9. The predicted octanol–water partition coefficient (Wildman–Crippen LogP) is 3.89. The van der Waals surface area contributed by atoms with E-state index >= 15 is 0 Å². The summed E-state index contributed by atoms with van der Waals surface area (Å²) in [6.07, 6.45) is 1.50. The Balaban J connectivity index is 1.96. The molecule has 0 aromatic heterocycles. The molecule has 1 amide bonds. The number of hydrogen-bond acceptors (Lipinski definition) is 5. The number of para-hydroxylation sites is 1. The average Bonchev–Trinajstić information content (AvgIpc) is 2.65. The molecule has 0 unspecified atom stereocenters. The highest BCUT2D eigenvalue weighted by Gasteiger charge is 2.09. The quantitative estimate of drug-likeness (QED) is 0.548. The maximum absolute atomic E-state index is 11.9. The van der Waals surface area contributed by atoms with Crippen LogP contribution in [0.4, 0.5) is 0 Å². The van der Waals surface area contributed by atoms with Crippen LogP contribution >= 0.6 is 11.6 Å². The van der Waals surface area contributed by atoms with Gasteiger partial charge in [0.1, 0.15) is 5.75 Å². The molecule has 0 spiro atoms. The molecule has 0 bridgehead atoms. The minimum atomic E-state index is -0.377. The maximum Gasteiger partial charge on any atom is 0.277 e. The van der Waals surface area contributed by atoms with Crippen LogP contribution in [0.1, 0.15) is 23.6 Å². The first kappa shape index (κ1) is 20.6. The Morgan fingerprint density at radius 3 is 2.56 bits per heavy atom. The topological polar surface area (TPSA) is 69.2 Å². The molecule has 0 aliphatic heterocycles. The van der Waals surface area contributed by atoms with E-state index in [4.69, 9.17) is 25.8 Å². The van der Waals surface area contributed by atoms with Gasteiger partial charge < -0.3 is 14.2 Å². The van der Waals surface area contributed by atoms with Crippen molar-refractivity contribution >= 4 is 23.7 Å². The molecule has 0 saturated carbocycles. The molecular weight excluding hydrogens is 368 g/mol. The van der Waals surface area contributed by atoms with Crippen molar-refractivity contribution in [2.24, 2.45) is 5.10 Å². The van der Waals surface area contributed by atoms with Crippen LogP contribution in [0.15, 0.2) is 35.4 Å². The van der Waals surface area contributed by atoms with Crippen molar-refractivity contribution in [2.45, 2.75) is 20.8 Å². The number of amides is 1. The molecule has 0 aliphatic rings. The zero-order valence-corrected chi connectivity index (χ0v) is 16.6. The summed E-state index contributed by atoms with van der Waals surface area (Å²) in [5.74, 6) is 1.38. The lowest BCUT2D eigenvalue weighted by Crippen LogP contribution is -2.24. The van der Waals surface area contributed by atoms with Gasteiger partial charge in [0.15, 0.2) is 18.1 Å². The number of nitrogens with zero attached hydrogens (tertiary/aromatic N) is 1. The zero-order chi connectivity index (χ0) is 19.8. The molecule has 0 heterocycles. The largest absolute Gasteiger partial charge is 0.493 e. The van der Waals surface area contributed by atoms with Gasteiger partial charge in [0, 0.05) is 10.6 Å². The number of benzene rings is 2. The number of aryl methyl sites for hydroxylation is 2. The lowest BCUT2D eigenvalue weighted by molar-refractivity contribution is -0.123. The summed E-state index contributed by atoms with van der Waals surface area (Å²) in [7, 11) is 1.57. The van der Waals surface area contributed by atoms with E-state index in [1.807, 2.05) is 32.9 Å². The third-order valence-electron chi connectivity index (χ3n) is 3.69. The van der Waals surface area contributed by atoms with Crippen molar-refractivity contribution < 1.29 is 19.0 Å². The van der Waals surface area contributed by atoms with Gasteiger partial charge in [-0.2, -0.15) is 5.10 Å². The van der Waals surface area contributed by atoms with Gasteiger partial charge in [-0.25, -0.2) is 5.43 Å². The van der Waals surface area contributed by atoms with E-state index in [9.17, 15) is 4.79 Å². The molecule has 27 heavy (non-hydrogen) atoms. The molecule has 2 aromatic carbocycles. The van der Waals surface area contributed by atoms with Crippen LogP contribution in [0.2, 0.25) is 5.02 Å². The van der Waals surface area contributed by atoms with Crippen LogP contribution in [0, 0.1) is 13.8 Å². The second-order valence-corrected chi connectivity index (χ2v) is 6.14. The highest BCUT2D eigenvalue weighted by molar-refractivity contribution is 6.32. The third kappa shape index (κ3) is 5.62. The molecule has 144 valence electrons. The number of hydrazone groups is 1.